The van der Waals surface area contributed by atoms with Gasteiger partial charge in [0.1, 0.15) is 5.69 Å². The maximum Gasteiger partial charge on any atom is 0.168 e. The Hall–Kier alpha value is -1.32. The third kappa shape index (κ3) is 1.39. The first-order valence-corrected chi connectivity index (χ1v) is 3.31. The quantitative estimate of drug-likeness (QED) is 0.573. The van der Waals surface area contributed by atoms with Crippen LogP contribution < -0.4 is 4.90 Å². The molecule has 4 heteroatoms. The summed E-state index contributed by atoms with van der Waals surface area (Å²) >= 11 is 0. The molecule has 4 nitrogen and oxygen atoms in total. The third-order valence-electron chi connectivity index (χ3n) is 1.48. The lowest BCUT2D eigenvalue weighted by atomic mass is 10.4. The zero-order valence-corrected chi connectivity index (χ0v) is 6.90. The molecule has 1 aromatic heterocycles. The Balaban J connectivity index is 3.04. The summed E-state index contributed by atoms with van der Waals surface area (Å²) in [6.45, 7) is 0. The van der Waals surface area contributed by atoms with E-state index in [0.29, 0.717) is 5.69 Å². The number of aldehydes is 1. The van der Waals surface area contributed by atoms with Gasteiger partial charge in [0, 0.05) is 27.2 Å². The van der Waals surface area contributed by atoms with Gasteiger partial charge >= 0.3 is 0 Å². The first kappa shape index (κ1) is 7.78. The van der Waals surface area contributed by atoms with E-state index in [2.05, 4.69) is 5.10 Å². The molecule has 0 amide bonds. The fourth-order valence-corrected chi connectivity index (χ4v) is 0.795. The molecule has 0 fully saturated rings. The second kappa shape index (κ2) is 2.74. The van der Waals surface area contributed by atoms with E-state index in [0.717, 1.165) is 12.1 Å². The molecule has 1 rings (SSSR count). The Morgan fingerprint density at radius 2 is 2.27 bits per heavy atom. The number of aromatic nitrogens is 2. The van der Waals surface area contributed by atoms with Crippen molar-refractivity contribution >= 4 is 12.1 Å². The molecule has 0 aromatic carbocycles. The van der Waals surface area contributed by atoms with Crippen molar-refractivity contribution in [2.45, 2.75) is 0 Å². The largest absolute Gasteiger partial charge is 0.361 e. The molecule has 0 spiro atoms. The fourth-order valence-electron chi connectivity index (χ4n) is 0.795. The van der Waals surface area contributed by atoms with Crippen LogP contribution in [0, 0.1) is 0 Å². The van der Waals surface area contributed by atoms with Gasteiger partial charge in [-0.1, -0.05) is 0 Å². The van der Waals surface area contributed by atoms with Crippen LogP contribution >= 0.6 is 0 Å². The van der Waals surface area contributed by atoms with Crippen LogP contribution in [0.1, 0.15) is 10.5 Å². The highest BCUT2D eigenvalue weighted by atomic mass is 16.1. The van der Waals surface area contributed by atoms with Crippen molar-refractivity contribution in [3.63, 3.8) is 0 Å². The van der Waals surface area contributed by atoms with Crippen LogP contribution in [0.3, 0.4) is 0 Å². The second-order valence-corrected chi connectivity index (χ2v) is 2.56. The summed E-state index contributed by atoms with van der Waals surface area (Å²) < 4.78 is 1.56. The summed E-state index contributed by atoms with van der Waals surface area (Å²) in [6.07, 6.45) is 0.792. The molecule has 0 radical (unpaired) electrons. The van der Waals surface area contributed by atoms with Crippen molar-refractivity contribution < 1.29 is 4.79 Å². The van der Waals surface area contributed by atoms with Gasteiger partial charge in [-0.3, -0.25) is 9.48 Å². The lowest BCUT2D eigenvalue weighted by Crippen LogP contribution is -2.09. The summed E-state index contributed by atoms with van der Waals surface area (Å²) in [7, 11) is 5.52. The second-order valence-electron chi connectivity index (χ2n) is 2.56. The molecule has 1 heterocycles. The van der Waals surface area contributed by atoms with E-state index in [1.54, 1.807) is 17.8 Å². The van der Waals surface area contributed by atoms with Gasteiger partial charge in [-0.15, -0.1) is 0 Å². The number of nitrogens with zero attached hydrogens (tertiary/aromatic N) is 3. The lowest BCUT2D eigenvalue weighted by Gasteiger charge is -2.05. The van der Waals surface area contributed by atoms with Crippen molar-refractivity contribution in [1.82, 2.24) is 9.78 Å². The number of hydrogen-bond donors (Lipinski definition) is 0. The minimum absolute atomic E-state index is 0.591. The van der Waals surface area contributed by atoms with Crippen LogP contribution in [0.2, 0.25) is 0 Å². The molecule has 0 aliphatic heterocycles. The van der Waals surface area contributed by atoms with Crippen molar-refractivity contribution in [3.05, 3.63) is 11.8 Å². The highest BCUT2D eigenvalue weighted by molar-refractivity contribution is 5.73. The average molecular weight is 153 g/mol. The zero-order valence-electron chi connectivity index (χ0n) is 6.90. The van der Waals surface area contributed by atoms with E-state index < -0.39 is 0 Å². The fraction of sp³-hybridized carbons (Fsp3) is 0.429. The van der Waals surface area contributed by atoms with Gasteiger partial charge in [-0.2, -0.15) is 5.10 Å². The van der Waals surface area contributed by atoms with Crippen molar-refractivity contribution in [3.8, 4) is 0 Å². The van der Waals surface area contributed by atoms with Gasteiger partial charge in [-0.25, -0.2) is 0 Å². The predicted octanol–water partition coefficient (Wildman–Crippen LogP) is 0.299. The minimum Gasteiger partial charge on any atom is -0.361 e. The Labute approximate surface area is 65.4 Å². The molecule has 0 bridgehead atoms. The van der Waals surface area contributed by atoms with E-state index >= 15 is 0 Å². The number of carbonyl (C=O) groups excluding carboxylic acids is 1. The molecule has 0 saturated carbocycles. The van der Waals surface area contributed by atoms with E-state index in [4.69, 9.17) is 0 Å². The Kier molecular flexibility index (Phi) is 1.94. The first-order chi connectivity index (χ1) is 5.15. The van der Waals surface area contributed by atoms with Crippen molar-refractivity contribution in [1.29, 1.82) is 0 Å². The van der Waals surface area contributed by atoms with E-state index in [1.165, 1.54) is 0 Å². The number of anilines is 1. The molecule has 0 aliphatic carbocycles. The maximum atomic E-state index is 10.4. The van der Waals surface area contributed by atoms with Crippen LogP contribution in [0.25, 0.3) is 0 Å². The number of aryl methyl sites for hydroxylation is 1. The standard InChI is InChI=1S/C7H11N3O/c1-9(2)7-4-6(5-11)10(3)8-7/h4-5H,1-3H3. The van der Waals surface area contributed by atoms with E-state index in [1.807, 2.05) is 19.0 Å². The van der Waals surface area contributed by atoms with Gasteiger partial charge in [0.25, 0.3) is 0 Å². The summed E-state index contributed by atoms with van der Waals surface area (Å²) in [4.78, 5) is 12.2. The van der Waals surface area contributed by atoms with Crippen LogP contribution in [0.5, 0.6) is 0 Å². The van der Waals surface area contributed by atoms with Gasteiger partial charge in [0.15, 0.2) is 12.1 Å². The summed E-state index contributed by atoms with van der Waals surface area (Å²) in [5, 5.41) is 4.09. The Morgan fingerprint density at radius 3 is 2.55 bits per heavy atom. The third-order valence-corrected chi connectivity index (χ3v) is 1.48. The van der Waals surface area contributed by atoms with Gasteiger partial charge in [0.2, 0.25) is 0 Å². The highest BCUT2D eigenvalue weighted by Gasteiger charge is 2.03. The van der Waals surface area contributed by atoms with Crippen molar-refractivity contribution in [2.24, 2.45) is 7.05 Å². The smallest absolute Gasteiger partial charge is 0.168 e. The molecular formula is C7H11N3O. The number of rotatable bonds is 2. The molecule has 0 aliphatic rings. The molecule has 0 saturated heterocycles. The topological polar surface area (TPSA) is 38.1 Å². The van der Waals surface area contributed by atoms with Gasteiger partial charge in [-0.05, 0) is 0 Å². The van der Waals surface area contributed by atoms with Crippen LogP contribution in [0.4, 0.5) is 5.82 Å². The molecule has 0 atom stereocenters. The SMILES string of the molecule is CN(C)c1cc(C=O)n(C)n1. The molecule has 0 unspecified atom stereocenters. The van der Waals surface area contributed by atoms with Crippen LogP contribution in [0.15, 0.2) is 6.07 Å². The van der Waals surface area contributed by atoms with Crippen LogP contribution in [-0.4, -0.2) is 30.2 Å². The summed E-state index contributed by atoms with van der Waals surface area (Å²) in [5.41, 5.74) is 0.591. The van der Waals surface area contributed by atoms with Crippen molar-refractivity contribution in [2.75, 3.05) is 19.0 Å². The van der Waals surface area contributed by atoms with E-state index in [9.17, 15) is 4.79 Å². The predicted molar refractivity (Wildman–Crippen MR) is 42.9 cm³/mol. The lowest BCUT2D eigenvalue weighted by molar-refractivity contribution is 0.111. The Morgan fingerprint density at radius 1 is 1.64 bits per heavy atom. The highest BCUT2D eigenvalue weighted by Crippen LogP contribution is 2.08. The molecular weight excluding hydrogens is 142 g/mol. The van der Waals surface area contributed by atoms with Crippen LogP contribution in [-0.2, 0) is 7.05 Å². The average Bonchev–Trinajstić information content (AvgIpc) is 2.31. The van der Waals surface area contributed by atoms with Gasteiger partial charge < -0.3 is 4.90 Å². The number of hydrogen-bond acceptors (Lipinski definition) is 3. The zero-order chi connectivity index (χ0) is 8.43. The maximum absolute atomic E-state index is 10.4. The molecule has 0 N–H and O–H groups in total. The summed E-state index contributed by atoms with van der Waals surface area (Å²) in [6, 6.07) is 1.74. The molecule has 1 aromatic rings. The minimum atomic E-state index is 0.591. The van der Waals surface area contributed by atoms with Gasteiger partial charge in [0.05, 0.1) is 0 Å². The first-order valence-electron chi connectivity index (χ1n) is 3.31. The summed E-state index contributed by atoms with van der Waals surface area (Å²) in [5.74, 6) is 0.801. The molecule has 60 valence electrons. The van der Waals surface area contributed by atoms with E-state index in [-0.39, 0.29) is 0 Å². The number of carbonyl (C=O) groups is 1. The Bertz CT molecular complexity index is 265. The monoisotopic (exact) mass is 153 g/mol. The molecule has 11 heavy (non-hydrogen) atoms. The normalized spacial score (nSPS) is 9.73.